The highest BCUT2D eigenvalue weighted by Gasteiger charge is 2.19. The van der Waals surface area contributed by atoms with E-state index in [0.717, 1.165) is 16.5 Å². The summed E-state index contributed by atoms with van der Waals surface area (Å²) in [5, 5.41) is 9.44. The van der Waals surface area contributed by atoms with E-state index in [1.165, 1.54) is 19.2 Å². The molecule has 0 spiro atoms. The number of halogens is 2. The minimum absolute atomic E-state index is 0.214. The number of amides is 1. The maximum absolute atomic E-state index is 14.6. The number of hydrogen-bond donors (Lipinski definition) is 0. The summed E-state index contributed by atoms with van der Waals surface area (Å²) in [5.74, 6) is -1.54. The number of benzene rings is 2. The summed E-state index contributed by atoms with van der Waals surface area (Å²) >= 11 is 5.61. The summed E-state index contributed by atoms with van der Waals surface area (Å²) in [6.45, 7) is 0.460. The zero-order valence-corrected chi connectivity index (χ0v) is 18.1. The van der Waals surface area contributed by atoms with Crippen LogP contribution in [-0.2, 0) is 11.4 Å². The monoisotopic (exact) mass is 462 g/mol. The molecule has 0 aliphatic carbocycles. The Morgan fingerprint density at radius 3 is 2.79 bits per heavy atom. The third-order valence-electron chi connectivity index (χ3n) is 5.17. The second kappa shape index (κ2) is 8.53. The van der Waals surface area contributed by atoms with Crippen LogP contribution in [0.2, 0.25) is 0 Å². The highest BCUT2D eigenvalue weighted by atomic mass is 35.5. The van der Waals surface area contributed by atoms with Gasteiger partial charge in [0.25, 0.3) is 5.91 Å². The highest BCUT2D eigenvalue weighted by Crippen LogP contribution is 2.24. The minimum atomic E-state index is -0.806. The van der Waals surface area contributed by atoms with Gasteiger partial charge in [-0.1, -0.05) is 23.4 Å². The lowest BCUT2D eigenvalue weighted by Gasteiger charge is -2.11. The Hall–Kier alpha value is -3.95. The standard InChI is InChI=1S/C23H16ClFN6O2/c1-33-31(24)23(32)17-6-5-16(12-18(17)25)20-8-9-21-22(27-20)30(29-28-21)13-14-4-7-19-15(11-14)3-2-10-26-19/h2-12H,13H2,1H3. The number of aromatic nitrogens is 5. The topological polar surface area (TPSA) is 86.0 Å². The number of nitrogens with zero attached hydrogens (tertiary/aromatic N) is 6. The van der Waals surface area contributed by atoms with Crippen molar-refractivity contribution in [2.75, 3.05) is 7.11 Å². The van der Waals surface area contributed by atoms with E-state index in [1.54, 1.807) is 29.1 Å². The average molecular weight is 463 g/mol. The van der Waals surface area contributed by atoms with Crippen LogP contribution in [-0.4, -0.2) is 42.6 Å². The molecule has 2 aromatic carbocycles. The van der Waals surface area contributed by atoms with Crippen molar-refractivity contribution in [1.29, 1.82) is 0 Å². The highest BCUT2D eigenvalue weighted by molar-refractivity contribution is 6.23. The lowest BCUT2D eigenvalue weighted by Crippen LogP contribution is -2.21. The van der Waals surface area contributed by atoms with E-state index in [0.29, 0.717) is 33.5 Å². The van der Waals surface area contributed by atoms with E-state index in [1.807, 2.05) is 30.3 Å². The third-order valence-corrected chi connectivity index (χ3v) is 5.47. The van der Waals surface area contributed by atoms with Gasteiger partial charge in [-0.05, 0) is 48.0 Å². The molecular formula is C23H16ClFN6O2. The second-order valence-electron chi connectivity index (χ2n) is 7.24. The summed E-state index contributed by atoms with van der Waals surface area (Å²) in [4.78, 5) is 25.7. The maximum atomic E-state index is 14.6. The molecule has 10 heteroatoms. The molecule has 33 heavy (non-hydrogen) atoms. The Bertz CT molecular complexity index is 1510. The van der Waals surface area contributed by atoms with Crippen molar-refractivity contribution in [3.63, 3.8) is 0 Å². The van der Waals surface area contributed by atoms with Gasteiger partial charge in [0.1, 0.15) is 11.3 Å². The van der Waals surface area contributed by atoms with Crippen LogP contribution in [0, 0.1) is 5.82 Å². The van der Waals surface area contributed by atoms with Crippen LogP contribution < -0.4 is 0 Å². The first-order valence-electron chi connectivity index (χ1n) is 9.91. The van der Waals surface area contributed by atoms with Crippen LogP contribution in [0.3, 0.4) is 0 Å². The predicted octanol–water partition coefficient (Wildman–Crippen LogP) is 4.39. The summed E-state index contributed by atoms with van der Waals surface area (Å²) in [5.41, 5.74) is 3.91. The molecule has 5 aromatic rings. The van der Waals surface area contributed by atoms with Crippen molar-refractivity contribution < 1.29 is 14.0 Å². The maximum Gasteiger partial charge on any atom is 0.295 e. The first-order valence-corrected chi connectivity index (χ1v) is 10.3. The molecule has 0 unspecified atom stereocenters. The van der Waals surface area contributed by atoms with Crippen molar-refractivity contribution in [1.82, 2.24) is 29.5 Å². The van der Waals surface area contributed by atoms with Gasteiger partial charge < -0.3 is 0 Å². The van der Waals surface area contributed by atoms with Gasteiger partial charge in [0.05, 0.1) is 30.4 Å². The predicted molar refractivity (Wildman–Crippen MR) is 121 cm³/mol. The average Bonchev–Trinajstić information content (AvgIpc) is 3.24. The number of carbonyl (C=O) groups excluding carboxylic acids is 1. The van der Waals surface area contributed by atoms with Crippen LogP contribution >= 0.6 is 11.8 Å². The van der Waals surface area contributed by atoms with Crippen LogP contribution in [0.1, 0.15) is 15.9 Å². The number of pyridine rings is 2. The summed E-state index contributed by atoms with van der Waals surface area (Å²) in [7, 11) is 1.21. The Kier molecular flexibility index (Phi) is 5.41. The fourth-order valence-corrected chi connectivity index (χ4v) is 3.63. The van der Waals surface area contributed by atoms with Gasteiger partial charge in [0, 0.05) is 28.9 Å². The van der Waals surface area contributed by atoms with Crippen LogP contribution in [0.5, 0.6) is 0 Å². The Labute approximate surface area is 192 Å². The van der Waals surface area contributed by atoms with Crippen LogP contribution in [0.15, 0.2) is 66.9 Å². The van der Waals surface area contributed by atoms with Gasteiger partial charge in [0.15, 0.2) is 5.65 Å². The van der Waals surface area contributed by atoms with Crippen LogP contribution in [0.25, 0.3) is 33.3 Å². The first-order chi connectivity index (χ1) is 16.0. The van der Waals surface area contributed by atoms with E-state index in [-0.39, 0.29) is 5.56 Å². The Balaban J connectivity index is 1.48. The van der Waals surface area contributed by atoms with Crippen molar-refractivity contribution >= 4 is 39.8 Å². The quantitative estimate of drug-likeness (QED) is 0.284. The van der Waals surface area contributed by atoms with E-state index in [9.17, 15) is 9.18 Å². The molecule has 0 atom stereocenters. The van der Waals surface area contributed by atoms with Gasteiger partial charge >= 0.3 is 0 Å². The molecule has 3 aromatic heterocycles. The molecule has 0 radical (unpaired) electrons. The first kappa shape index (κ1) is 20.9. The molecule has 0 aliphatic heterocycles. The van der Waals surface area contributed by atoms with Crippen molar-refractivity contribution in [3.05, 3.63) is 83.8 Å². The molecule has 0 fully saturated rings. The Morgan fingerprint density at radius 2 is 1.97 bits per heavy atom. The van der Waals surface area contributed by atoms with Crippen molar-refractivity contribution in [3.8, 4) is 11.3 Å². The van der Waals surface area contributed by atoms with E-state index in [4.69, 9.17) is 11.8 Å². The van der Waals surface area contributed by atoms with Gasteiger partial charge in [0.2, 0.25) is 0 Å². The molecule has 0 aliphatic rings. The second-order valence-corrected chi connectivity index (χ2v) is 7.55. The lowest BCUT2D eigenvalue weighted by atomic mass is 10.1. The number of rotatable bonds is 5. The molecule has 0 bridgehead atoms. The molecular weight excluding hydrogens is 447 g/mol. The molecule has 0 saturated heterocycles. The molecule has 0 saturated carbocycles. The summed E-state index contributed by atoms with van der Waals surface area (Å²) in [6, 6.07) is 17.5. The van der Waals surface area contributed by atoms with E-state index >= 15 is 0 Å². The number of hydroxylamine groups is 1. The number of fused-ring (bicyclic) bond motifs is 2. The largest absolute Gasteiger partial charge is 0.295 e. The molecule has 8 nitrogen and oxygen atoms in total. The van der Waals surface area contributed by atoms with Crippen LogP contribution in [0.4, 0.5) is 4.39 Å². The fraction of sp³-hybridized carbons (Fsp3) is 0.0870. The molecule has 5 rings (SSSR count). The molecule has 3 heterocycles. The Morgan fingerprint density at radius 1 is 1.12 bits per heavy atom. The lowest BCUT2D eigenvalue weighted by molar-refractivity contribution is -0.0277. The zero-order chi connectivity index (χ0) is 22.9. The minimum Gasteiger partial charge on any atom is -0.265 e. The summed E-state index contributed by atoms with van der Waals surface area (Å²) in [6.07, 6.45) is 1.76. The van der Waals surface area contributed by atoms with E-state index < -0.39 is 11.7 Å². The molecule has 0 N–H and O–H groups in total. The smallest absolute Gasteiger partial charge is 0.265 e. The number of carbonyl (C=O) groups is 1. The van der Waals surface area contributed by atoms with Gasteiger partial charge in [-0.15, -0.1) is 9.68 Å². The number of hydrogen-bond acceptors (Lipinski definition) is 6. The normalized spacial score (nSPS) is 11.2. The molecule has 1 amide bonds. The van der Waals surface area contributed by atoms with Gasteiger partial charge in [-0.25, -0.2) is 14.1 Å². The van der Waals surface area contributed by atoms with Crippen molar-refractivity contribution in [2.45, 2.75) is 6.54 Å². The van der Waals surface area contributed by atoms with Gasteiger partial charge in [-0.2, -0.15) is 0 Å². The van der Waals surface area contributed by atoms with Gasteiger partial charge in [-0.3, -0.25) is 14.6 Å². The summed E-state index contributed by atoms with van der Waals surface area (Å²) < 4.78 is 16.7. The zero-order valence-electron chi connectivity index (χ0n) is 17.3. The third kappa shape index (κ3) is 3.99. The van der Waals surface area contributed by atoms with Crippen molar-refractivity contribution in [2.24, 2.45) is 0 Å². The molecule has 164 valence electrons. The van der Waals surface area contributed by atoms with E-state index in [2.05, 4.69) is 25.1 Å². The SMILES string of the molecule is CON(Cl)C(=O)c1ccc(-c2ccc3nnn(Cc4ccc5ncccc5c4)c3n2)cc1F. The fourth-order valence-electron chi connectivity index (χ4n) is 3.54.